The predicted octanol–water partition coefficient (Wildman–Crippen LogP) is 2.01. The molecule has 0 aromatic heterocycles. The van der Waals surface area contributed by atoms with Crippen molar-refractivity contribution in [3.63, 3.8) is 0 Å². The lowest BCUT2D eigenvalue weighted by atomic mass is 9.98. The van der Waals surface area contributed by atoms with Gasteiger partial charge in [-0.2, -0.15) is 0 Å². The van der Waals surface area contributed by atoms with Crippen molar-refractivity contribution in [2.75, 3.05) is 26.2 Å². The third-order valence-electron chi connectivity index (χ3n) is 5.41. The van der Waals surface area contributed by atoms with Gasteiger partial charge in [-0.15, -0.1) is 0 Å². The number of rotatable bonds is 8. The van der Waals surface area contributed by atoms with E-state index in [1.807, 2.05) is 42.2 Å². The van der Waals surface area contributed by atoms with Gasteiger partial charge in [0, 0.05) is 19.6 Å². The van der Waals surface area contributed by atoms with Crippen molar-refractivity contribution < 1.29 is 18.0 Å². The predicted molar refractivity (Wildman–Crippen MR) is 122 cm³/mol. The topological polar surface area (TPSA) is 108 Å². The Balaban J connectivity index is 1.41. The van der Waals surface area contributed by atoms with Crippen molar-refractivity contribution in [1.82, 2.24) is 20.3 Å². The Kier molecular flexibility index (Phi) is 8.38. The van der Waals surface area contributed by atoms with Crippen LogP contribution in [0.25, 0.3) is 0 Å². The summed E-state index contributed by atoms with van der Waals surface area (Å²) in [6.45, 7) is 3.98. The van der Waals surface area contributed by atoms with Crippen molar-refractivity contribution in [3.05, 3.63) is 65.7 Å². The number of benzene rings is 2. The number of nitrogens with one attached hydrogen (secondary N) is 3. The number of carbonyl (C=O) groups excluding carboxylic acids is 2. The Morgan fingerprint density at radius 3 is 2.50 bits per heavy atom. The average molecular weight is 459 g/mol. The molecule has 3 rings (SSSR count). The molecule has 2 aromatic carbocycles. The first-order valence-corrected chi connectivity index (χ1v) is 12.2. The number of imide groups is 1. The lowest BCUT2D eigenvalue weighted by Gasteiger charge is -2.32. The highest BCUT2D eigenvalue weighted by Crippen LogP contribution is 2.17. The van der Waals surface area contributed by atoms with Crippen LogP contribution in [-0.4, -0.2) is 51.4 Å². The van der Waals surface area contributed by atoms with Crippen LogP contribution < -0.4 is 15.4 Å². The van der Waals surface area contributed by atoms with Crippen molar-refractivity contribution in [3.8, 4) is 0 Å². The quantitative estimate of drug-likeness (QED) is 0.561. The number of urea groups is 1. The SMILES string of the molecule is Cc1ccc(S(=O)(=O)NC[C@H]2CCCN(CC(=O)NC(=O)NCc3ccccc3)C2)cc1. The molecule has 1 saturated heterocycles. The summed E-state index contributed by atoms with van der Waals surface area (Å²) in [6, 6.07) is 15.6. The van der Waals surface area contributed by atoms with Crippen LogP contribution >= 0.6 is 0 Å². The number of amides is 3. The molecule has 1 atom stereocenters. The normalized spacial score (nSPS) is 17.0. The Labute approximate surface area is 189 Å². The summed E-state index contributed by atoms with van der Waals surface area (Å²) < 4.78 is 27.7. The zero-order valence-electron chi connectivity index (χ0n) is 18.2. The van der Waals surface area contributed by atoms with Crippen molar-refractivity contribution in [2.45, 2.75) is 31.2 Å². The van der Waals surface area contributed by atoms with E-state index in [9.17, 15) is 18.0 Å². The second-order valence-corrected chi connectivity index (χ2v) is 9.89. The van der Waals surface area contributed by atoms with Gasteiger partial charge in [-0.1, -0.05) is 48.0 Å². The van der Waals surface area contributed by atoms with Crippen LogP contribution in [0.3, 0.4) is 0 Å². The minimum atomic E-state index is -3.56. The van der Waals surface area contributed by atoms with E-state index >= 15 is 0 Å². The van der Waals surface area contributed by atoms with Gasteiger partial charge in [-0.05, 0) is 49.9 Å². The van der Waals surface area contributed by atoms with Gasteiger partial charge in [0.2, 0.25) is 15.9 Å². The standard InChI is InChI=1S/C23H30N4O4S/c1-18-9-11-21(12-10-18)32(30,31)25-15-20-8-5-13-27(16-20)17-22(28)26-23(29)24-14-19-6-3-2-4-7-19/h2-4,6-7,9-12,20,25H,5,8,13-17H2,1H3,(H2,24,26,28,29)/t20-/m1/s1. The maximum absolute atomic E-state index is 12.5. The van der Waals surface area contributed by atoms with Gasteiger partial charge in [-0.3, -0.25) is 15.0 Å². The molecule has 0 bridgehead atoms. The maximum Gasteiger partial charge on any atom is 0.321 e. The summed E-state index contributed by atoms with van der Waals surface area (Å²) in [7, 11) is -3.56. The summed E-state index contributed by atoms with van der Waals surface area (Å²) in [5, 5.41) is 5.02. The van der Waals surface area contributed by atoms with Crippen LogP contribution in [0.4, 0.5) is 4.79 Å². The highest BCUT2D eigenvalue weighted by Gasteiger charge is 2.24. The fraction of sp³-hybridized carbons (Fsp3) is 0.391. The van der Waals surface area contributed by atoms with Gasteiger partial charge in [-0.25, -0.2) is 17.9 Å². The van der Waals surface area contributed by atoms with Crippen LogP contribution in [-0.2, 0) is 21.4 Å². The fourth-order valence-electron chi connectivity index (χ4n) is 3.68. The zero-order valence-corrected chi connectivity index (χ0v) is 19.0. The van der Waals surface area contributed by atoms with Gasteiger partial charge in [0.1, 0.15) is 0 Å². The molecule has 172 valence electrons. The summed E-state index contributed by atoms with van der Waals surface area (Å²) >= 11 is 0. The van der Waals surface area contributed by atoms with Crippen LogP contribution in [0.2, 0.25) is 0 Å². The van der Waals surface area contributed by atoms with Crippen LogP contribution in [0.5, 0.6) is 0 Å². The minimum Gasteiger partial charge on any atom is -0.334 e. The van der Waals surface area contributed by atoms with Crippen LogP contribution in [0.1, 0.15) is 24.0 Å². The lowest BCUT2D eigenvalue weighted by Crippen LogP contribution is -2.47. The molecular weight excluding hydrogens is 428 g/mol. The fourth-order valence-corrected chi connectivity index (χ4v) is 4.80. The number of aryl methyl sites for hydroxylation is 1. The number of carbonyl (C=O) groups is 2. The van der Waals surface area contributed by atoms with E-state index in [4.69, 9.17) is 0 Å². The smallest absolute Gasteiger partial charge is 0.321 e. The molecule has 1 aliphatic rings. The molecule has 2 aromatic rings. The van der Waals surface area contributed by atoms with E-state index in [1.165, 1.54) is 0 Å². The van der Waals surface area contributed by atoms with E-state index in [2.05, 4.69) is 15.4 Å². The first kappa shape index (κ1) is 23.9. The van der Waals surface area contributed by atoms with Crippen LogP contribution in [0, 0.1) is 12.8 Å². The molecule has 8 nitrogen and oxygen atoms in total. The molecule has 0 spiro atoms. The second-order valence-electron chi connectivity index (χ2n) is 8.12. The van der Waals surface area contributed by atoms with Crippen molar-refractivity contribution >= 4 is 22.0 Å². The number of hydrogen-bond acceptors (Lipinski definition) is 5. The van der Waals surface area contributed by atoms with E-state index in [0.29, 0.717) is 19.6 Å². The number of hydrogen-bond donors (Lipinski definition) is 3. The molecule has 1 aliphatic heterocycles. The first-order valence-electron chi connectivity index (χ1n) is 10.7. The largest absolute Gasteiger partial charge is 0.334 e. The van der Waals surface area contributed by atoms with Gasteiger partial charge < -0.3 is 5.32 Å². The summed E-state index contributed by atoms with van der Waals surface area (Å²) in [5.74, 6) is -0.278. The first-order chi connectivity index (χ1) is 15.3. The van der Waals surface area contributed by atoms with E-state index in [0.717, 1.165) is 30.5 Å². The summed E-state index contributed by atoms with van der Waals surface area (Å²) in [6.07, 6.45) is 1.75. The number of nitrogens with zero attached hydrogens (tertiary/aromatic N) is 1. The monoisotopic (exact) mass is 458 g/mol. The number of sulfonamides is 1. The third kappa shape index (κ3) is 7.44. The van der Waals surface area contributed by atoms with Crippen LogP contribution in [0.15, 0.2) is 59.5 Å². The highest BCUT2D eigenvalue weighted by molar-refractivity contribution is 7.89. The number of piperidine rings is 1. The number of likely N-dealkylation sites (tertiary alicyclic amines) is 1. The van der Waals surface area contributed by atoms with E-state index < -0.39 is 16.1 Å². The second kappa shape index (κ2) is 11.2. The molecule has 1 fully saturated rings. The Morgan fingerprint density at radius 2 is 1.78 bits per heavy atom. The van der Waals surface area contributed by atoms with Gasteiger partial charge >= 0.3 is 6.03 Å². The van der Waals surface area contributed by atoms with E-state index in [1.54, 1.807) is 24.3 Å². The maximum atomic E-state index is 12.5. The molecule has 1 heterocycles. The molecule has 0 radical (unpaired) electrons. The van der Waals surface area contributed by atoms with Crippen molar-refractivity contribution in [1.29, 1.82) is 0 Å². The minimum absolute atomic E-state index is 0.0972. The average Bonchev–Trinajstić information content (AvgIpc) is 2.77. The molecule has 0 aliphatic carbocycles. The van der Waals surface area contributed by atoms with Gasteiger partial charge in [0.05, 0.1) is 11.4 Å². The highest BCUT2D eigenvalue weighted by atomic mass is 32.2. The van der Waals surface area contributed by atoms with E-state index in [-0.39, 0.29) is 23.3 Å². The Hall–Kier alpha value is -2.75. The molecule has 3 amide bonds. The summed E-state index contributed by atoms with van der Waals surface area (Å²) in [4.78, 5) is 26.4. The molecule has 0 saturated carbocycles. The lowest BCUT2D eigenvalue weighted by molar-refractivity contribution is -0.121. The molecule has 3 N–H and O–H groups in total. The van der Waals surface area contributed by atoms with Gasteiger partial charge in [0.15, 0.2) is 0 Å². The summed E-state index contributed by atoms with van der Waals surface area (Å²) in [5.41, 5.74) is 1.95. The molecular formula is C23H30N4O4S. The Morgan fingerprint density at radius 1 is 1.06 bits per heavy atom. The third-order valence-corrected chi connectivity index (χ3v) is 6.85. The zero-order chi connectivity index (χ0) is 23.0. The molecule has 9 heteroatoms. The van der Waals surface area contributed by atoms with Crippen molar-refractivity contribution in [2.24, 2.45) is 5.92 Å². The van der Waals surface area contributed by atoms with Gasteiger partial charge in [0.25, 0.3) is 0 Å². The molecule has 32 heavy (non-hydrogen) atoms. The molecule has 0 unspecified atom stereocenters. The Bertz CT molecular complexity index is 1010.